The molecule has 0 aliphatic heterocycles. The van der Waals surface area contributed by atoms with Crippen molar-refractivity contribution in [1.82, 2.24) is 9.38 Å². The molecule has 0 aliphatic carbocycles. The third-order valence-electron chi connectivity index (χ3n) is 4.20. The Morgan fingerprint density at radius 1 is 1.10 bits per heavy atom. The van der Waals surface area contributed by atoms with Crippen LogP contribution in [0.1, 0.15) is 43.4 Å². The third kappa shape index (κ3) is 2.37. The lowest BCUT2D eigenvalue weighted by Crippen LogP contribution is -2.10. The summed E-state index contributed by atoms with van der Waals surface area (Å²) in [6.45, 7) is 6.43. The topological polar surface area (TPSA) is 37.3 Å². The van der Waals surface area contributed by atoms with E-state index in [4.69, 9.17) is 0 Å². The maximum absolute atomic E-state index is 12.2. The van der Waals surface area contributed by atoms with E-state index in [9.17, 15) is 4.79 Å². The van der Waals surface area contributed by atoms with E-state index in [1.165, 1.54) is 24.0 Å². The standard InChI is InChI=1S/C18H22N2O/c1-4-6-7-14-9-15-16(10-13(14)5-2)20-11-12(3)8-17(20)18(21)19-15/h8-11H,4-7H2,1-3H3,(H,19,21). The van der Waals surface area contributed by atoms with Crippen molar-refractivity contribution in [2.45, 2.75) is 46.5 Å². The summed E-state index contributed by atoms with van der Waals surface area (Å²) in [5, 5.41) is 0. The summed E-state index contributed by atoms with van der Waals surface area (Å²) in [7, 11) is 0. The Bertz CT molecular complexity index is 855. The quantitative estimate of drug-likeness (QED) is 0.771. The fourth-order valence-corrected chi connectivity index (χ4v) is 3.06. The first-order chi connectivity index (χ1) is 10.1. The second-order valence-electron chi connectivity index (χ2n) is 5.82. The molecule has 0 radical (unpaired) electrons. The highest BCUT2D eigenvalue weighted by Gasteiger charge is 2.09. The van der Waals surface area contributed by atoms with Gasteiger partial charge in [0.15, 0.2) is 0 Å². The Hall–Kier alpha value is -2.03. The lowest BCUT2D eigenvalue weighted by molar-refractivity contribution is 0.788. The van der Waals surface area contributed by atoms with Crippen LogP contribution in [0.2, 0.25) is 0 Å². The number of benzene rings is 1. The van der Waals surface area contributed by atoms with Gasteiger partial charge in [0.05, 0.1) is 11.0 Å². The molecule has 2 heterocycles. The van der Waals surface area contributed by atoms with Gasteiger partial charge in [0, 0.05) is 6.20 Å². The van der Waals surface area contributed by atoms with E-state index in [0.717, 1.165) is 35.0 Å². The van der Waals surface area contributed by atoms with Crippen LogP contribution in [0, 0.1) is 6.92 Å². The van der Waals surface area contributed by atoms with Crippen molar-refractivity contribution < 1.29 is 0 Å². The molecule has 21 heavy (non-hydrogen) atoms. The number of nitrogens with zero attached hydrogens (tertiary/aromatic N) is 1. The number of hydrogen-bond acceptors (Lipinski definition) is 1. The van der Waals surface area contributed by atoms with Gasteiger partial charge in [-0.25, -0.2) is 0 Å². The van der Waals surface area contributed by atoms with Crippen molar-refractivity contribution in [3.8, 4) is 0 Å². The third-order valence-corrected chi connectivity index (χ3v) is 4.20. The zero-order chi connectivity index (χ0) is 15.0. The van der Waals surface area contributed by atoms with Crippen LogP contribution in [0.5, 0.6) is 0 Å². The van der Waals surface area contributed by atoms with Gasteiger partial charge in [-0.3, -0.25) is 4.79 Å². The predicted molar refractivity (Wildman–Crippen MR) is 88.3 cm³/mol. The van der Waals surface area contributed by atoms with E-state index in [1.807, 2.05) is 23.6 Å². The van der Waals surface area contributed by atoms with E-state index >= 15 is 0 Å². The van der Waals surface area contributed by atoms with Gasteiger partial charge in [-0.15, -0.1) is 0 Å². The average Bonchev–Trinajstić information content (AvgIpc) is 2.87. The molecule has 0 unspecified atom stereocenters. The molecule has 0 saturated carbocycles. The molecule has 0 bridgehead atoms. The van der Waals surface area contributed by atoms with Crippen molar-refractivity contribution >= 4 is 16.6 Å². The summed E-state index contributed by atoms with van der Waals surface area (Å²) in [5.41, 5.74) is 6.60. The number of H-pyrrole nitrogens is 1. The minimum Gasteiger partial charge on any atom is -0.319 e. The van der Waals surface area contributed by atoms with Crippen molar-refractivity contribution in [1.29, 1.82) is 0 Å². The minimum absolute atomic E-state index is 0.0127. The second-order valence-corrected chi connectivity index (χ2v) is 5.82. The molecule has 3 nitrogen and oxygen atoms in total. The minimum atomic E-state index is -0.0127. The van der Waals surface area contributed by atoms with Crippen LogP contribution in [0.4, 0.5) is 0 Å². The number of fused-ring (bicyclic) bond motifs is 3. The molecular weight excluding hydrogens is 260 g/mol. The fourth-order valence-electron chi connectivity index (χ4n) is 3.06. The summed E-state index contributed by atoms with van der Waals surface area (Å²) < 4.78 is 2.02. The average molecular weight is 282 g/mol. The van der Waals surface area contributed by atoms with Gasteiger partial charge in [0.1, 0.15) is 5.52 Å². The number of hydrogen-bond donors (Lipinski definition) is 1. The molecule has 0 atom stereocenters. The van der Waals surface area contributed by atoms with E-state index in [0.29, 0.717) is 0 Å². The van der Waals surface area contributed by atoms with Crippen LogP contribution < -0.4 is 5.56 Å². The summed E-state index contributed by atoms with van der Waals surface area (Å²) in [5.74, 6) is 0. The first-order valence-electron chi connectivity index (χ1n) is 7.80. The van der Waals surface area contributed by atoms with Gasteiger partial charge in [0.2, 0.25) is 0 Å². The molecule has 3 heteroatoms. The predicted octanol–water partition coefficient (Wildman–Crippen LogP) is 3.99. The first kappa shape index (κ1) is 13.9. The van der Waals surface area contributed by atoms with Gasteiger partial charge < -0.3 is 9.38 Å². The highest BCUT2D eigenvalue weighted by atomic mass is 16.1. The van der Waals surface area contributed by atoms with Gasteiger partial charge in [-0.05, 0) is 61.1 Å². The lowest BCUT2D eigenvalue weighted by Gasteiger charge is -2.11. The van der Waals surface area contributed by atoms with E-state index in [-0.39, 0.29) is 5.56 Å². The molecule has 1 N–H and O–H groups in total. The van der Waals surface area contributed by atoms with Crippen LogP contribution >= 0.6 is 0 Å². The van der Waals surface area contributed by atoms with Crippen LogP contribution in [0.25, 0.3) is 16.6 Å². The fraction of sp³-hybridized carbons (Fsp3) is 0.389. The number of unbranched alkanes of at least 4 members (excludes halogenated alkanes) is 1. The number of aromatic amines is 1. The zero-order valence-corrected chi connectivity index (χ0v) is 13.0. The molecule has 0 saturated heterocycles. The van der Waals surface area contributed by atoms with Crippen LogP contribution in [0.3, 0.4) is 0 Å². The van der Waals surface area contributed by atoms with E-state index < -0.39 is 0 Å². The van der Waals surface area contributed by atoms with Crippen LogP contribution in [-0.2, 0) is 12.8 Å². The maximum atomic E-state index is 12.2. The highest BCUT2D eigenvalue weighted by Crippen LogP contribution is 2.22. The number of aryl methyl sites for hydroxylation is 3. The Morgan fingerprint density at radius 3 is 2.62 bits per heavy atom. The largest absolute Gasteiger partial charge is 0.319 e. The highest BCUT2D eigenvalue weighted by molar-refractivity contribution is 5.80. The van der Waals surface area contributed by atoms with Crippen molar-refractivity contribution in [2.24, 2.45) is 0 Å². The Kier molecular flexibility index (Phi) is 3.58. The molecule has 110 valence electrons. The van der Waals surface area contributed by atoms with E-state index in [1.54, 1.807) is 0 Å². The van der Waals surface area contributed by atoms with Gasteiger partial charge >= 0.3 is 0 Å². The first-order valence-corrected chi connectivity index (χ1v) is 7.80. The van der Waals surface area contributed by atoms with Gasteiger partial charge in [-0.2, -0.15) is 0 Å². The van der Waals surface area contributed by atoms with Crippen LogP contribution in [0.15, 0.2) is 29.2 Å². The molecule has 2 aromatic heterocycles. The normalized spacial score (nSPS) is 11.6. The van der Waals surface area contributed by atoms with Crippen molar-refractivity contribution in [3.05, 3.63) is 51.4 Å². The molecule has 0 aliphatic rings. The molecule has 0 spiro atoms. The second kappa shape index (κ2) is 5.40. The van der Waals surface area contributed by atoms with E-state index in [2.05, 4.69) is 31.0 Å². The van der Waals surface area contributed by atoms with Crippen LogP contribution in [-0.4, -0.2) is 9.38 Å². The lowest BCUT2D eigenvalue weighted by atomic mass is 9.99. The summed E-state index contributed by atoms with van der Waals surface area (Å²) >= 11 is 0. The van der Waals surface area contributed by atoms with Crippen molar-refractivity contribution in [2.75, 3.05) is 0 Å². The molecule has 3 aromatic rings. The summed E-state index contributed by atoms with van der Waals surface area (Å²) in [4.78, 5) is 15.2. The SMILES string of the molecule is CCCCc1cc2[nH]c(=O)c3cc(C)cn3c2cc1CC. The molecular formula is C18H22N2O. The molecule has 0 fully saturated rings. The summed E-state index contributed by atoms with van der Waals surface area (Å²) in [6, 6.07) is 6.34. The number of rotatable bonds is 4. The zero-order valence-electron chi connectivity index (χ0n) is 13.0. The number of nitrogens with one attached hydrogen (secondary N) is 1. The van der Waals surface area contributed by atoms with Crippen molar-refractivity contribution in [3.63, 3.8) is 0 Å². The Morgan fingerprint density at radius 2 is 1.90 bits per heavy atom. The maximum Gasteiger partial charge on any atom is 0.272 e. The molecule has 3 rings (SSSR count). The monoisotopic (exact) mass is 282 g/mol. The number of aromatic nitrogens is 2. The molecule has 0 amide bonds. The van der Waals surface area contributed by atoms with Gasteiger partial charge in [0.25, 0.3) is 5.56 Å². The molecule has 1 aromatic carbocycles. The summed E-state index contributed by atoms with van der Waals surface area (Å²) in [6.07, 6.45) is 6.52. The van der Waals surface area contributed by atoms with Gasteiger partial charge in [-0.1, -0.05) is 20.3 Å². The Balaban J connectivity index is 2.31. The Labute approximate surface area is 124 Å². The smallest absolute Gasteiger partial charge is 0.272 e.